The molecule has 1 aromatic rings. The predicted molar refractivity (Wildman–Crippen MR) is 138 cm³/mol. The summed E-state index contributed by atoms with van der Waals surface area (Å²) in [6.07, 6.45) is 3.11. The van der Waals surface area contributed by atoms with Crippen LogP contribution in [0.2, 0.25) is 0 Å². The third-order valence-electron chi connectivity index (χ3n) is 6.76. The highest BCUT2D eigenvalue weighted by Gasteiger charge is 2.54. The summed E-state index contributed by atoms with van der Waals surface area (Å²) >= 11 is 2.22. The van der Waals surface area contributed by atoms with Crippen molar-refractivity contribution >= 4 is 57.7 Å². The van der Waals surface area contributed by atoms with E-state index in [0.717, 1.165) is 30.1 Å². The Kier molecular flexibility index (Phi) is 7.47. The summed E-state index contributed by atoms with van der Waals surface area (Å²) in [7, 11) is 1.25. The quantitative estimate of drug-likeness (QED) is 0.142. The number of hydrogen-bond acceptors (Lipinski definition) is 13. The van der Waals surface area contributed by atoms with Crippen molar-refractivity contribution in [3.63, 3.8) is 0 Å². The number of nitrogens with zero attached hydrogens (tertiary/aromatic N) is 4. The van der Waals surface area contributed by atoms with Gasteiger partial charge in [0.15, 0.2) is 10.9 Å². The Balaban J connectivity index is 1.30. The van der Waals surface area contributed by atoms with E-state index in [4.69, 9.17) is 10.6 Å². The van der Waals surface area contributed by atoms with Gasteiger partial charge in [-0.2, -0.15) is 9.36 Å². The molecule has 2 unspecified atom stereocenters. The molecule has 3 saturated heterocycles. The fourth-order valence-electron chi connectivity index (χ4n) is 4.97. The van der Waals surface area contributed by atoms with E-state index in [2.05, 4.69) is 30.5 Å². The minimum Gasteiger partial charge on any atom is -0.477 e. The first kappa shape index (κ1) is 26.3. The maximum absolute atomic E-state index is 13.0. The Bertz CT molecular complexity index is 1270. The number of ketones is 1. The molecule has 3 fully saturated rings. The molecule has 2 amide bonds. The van der Waals surface area contributed by atoms with E-state index < -0.39 is 29.2 Å². The second-order valence-electron chi connectivity index (χ2n) is 9.15. The van der Waals surface area contributed by atoms with Gasteiger partial charge in [0.05, 0.1) is 6.04 Å². The van der Waals surface area contributed by atoms with E-state index in [0.29, 0.717) is 30.8 Å². The largest absolute Gasteiger partial charge is 0.477 e. The minimum absolute atomic E-state index is 0.00408. The summed E-state index contributed by atoms with van der Waals surface area (Å²) in [4.78, 5) is 60.7. The summed E-state index contributed by atoms with van der Waals surface area (Å²) in [5.74, 6) is -2.10. The molecule has 202 valence electrons. The van der Waals surface area contributed by atoms with Crippen LogP contribution < -0.4 is 21.7 Å². The summed E-state index contributed by atoms with van der Waals surface area (Å²) in [6, 6.07) is -1.26. The van der Waals surface area contributed by atoms with Gasteiger partial charge >= 0.3 is 5.97 Å². The van der Waals surface area contributed by atoms with Crippen molar-refractivity contribution in [2.24, 2.45) is 11.1 Å². The molecule has 0 aromatic carbocycles. The number of nitrogens with two attached hydrogens (primary N) is 1. The molecule has 0 aliphatic carbocycles. The number of carboxylic acid groups (broad SMARTS) is 1. The minimum atomic E-state index is -1.24. The van der Waals surface area contributed by atoms with Gasteiger partial charge in [-0.05, 0) is 25.0 Å². The van der Waals surface area contributed by atoms with Gasteiger partial charge in [-0.3, -0.25) is 19.3 Å². The molecule has 6 N–H and O–H groups in total. The monoisotopic (exact) mass is 562 g/mol. The Morgan fingerprint density at radius 3 is 2.84 bits per heavy atom. The molecular formula is C22H26N8O6S2. The van der Waals surface area contributed by atoms with E-state index in [1.54, 1.807) is 6.08 Å². The van der Waals surface area contributed by atoms with Crippen molar-refractivity contribution in [1.82, 2.24) is 30.2 Å². The fourth-order valence-corrected chi connectivity index (χ4v) is 6.71. The average molecular weight is 563 g/mol. The molecular weight excluding hydrogens is 536 g/mol. The Morgan fingerprint density at radius 1 is 1.37 bits per heavy atom. The van der Waals surface area contributed by atoms with Crippen LogP contribution in [0.3, 0.4) is 0 Å². The van der Waals surface area contributed by atoms with Crippen molar-refractivity contribution < 1.29 is 29.1 Å². The number of Topliss-reactive ketones (excluding diaryl/α,β-unsaturated/α-hetero) is 1. The lowest BCUT2D eigenvalue weighted by molar-refractivity contribution is -0.150. The highest BCUT2D eigenvalue weighted by Crippen LogP contribution is 2.41. The summed E-state index contributed by atoms with van der Waals surface area (Å²) < 4.78 is 3.95. The highest BCUT2D eigenvalue weighted by atomic mass is 32.2. The van der Waals surface area contributed by atoms with Gasteiger partial charge in [-0.25, -0.2) is 4.79 Å². The van der Waals surface area contributed by atoms with Gasteiger partial charge in [0.1, 0.15) is 24.2 Å². The molecule has 0 saturated carbocycles. The predicted octanol–water partition coefficient (Wildman–Crippen LogP) is -1.32. The second-order valence-corrected chi connectivity index (χ2v) is 11.0. The van der Waals surface area contributed by atoms with Crippen LogP contribution in [0.1, 0.15) is 18.7 Å². The number of amides is 2. The number of carbonyl (C=O) groups excluding carboxylic acids is 3. The van der Waals surface area contributed by atoms with E-state index in [1.807, 2.05) is 0 Å². The first-order chi connectivity index (χ1) is 18.3. The third-order valence-corrected chi connectivity index (χ3v) is 8.61. The van der Waals surface area contributed by atoms with E-state index in [1.165, 1.54) is 23.8 Å². The summed E-state index contributed by atoms with van der Waals surface area (Å²) in [6.45, 7) is 2.00. The number of nitrogens with one attached hydrogen (secondary N) is 3. The number of allylic oxidation sites excluding steroid dienone is 1. The zero-order valence-corrected chi connectivity index (χ0v) is 21.9. The van der Waals surface area contributed by atoms with Gasteiger partial charge in [-0.15, -0.1) is 11.8 Å². The van der Waals surface area contributed by atoms with Crippen LogP contribution in [-0.2, 0) is 24.0 Å². The number of β-lactam (4-membered cyclic amide) rings is 1. The Hall–Kier alpha value is -3.34. The highest BCUT2D eigenvalue weighted by molar-refractivity contribution is 8.00. The lowest BCUT2D eigenvalue weighted by Gasteiger charge is -2.49. The number of carboxylic acids is 1. The van der Waals surface area contributed by atoms with Crippen molar-refractivity contribution in [2.75, 3.05) is 38.2 Å². The van der Waals surface area contributed by atoms with Crippen LogP contribution in [0.5, 0.6) is 0 Å². The first-order valence-electron chi connectivity index (χ1n) is 11.9. The number of rotatable bonds is 8. The number of fused-ring (bicyclic) bond motifs is 1. The van der Waals surface area contributed by atoms with Gasteiger partial charge in [0, 0.05) is 36.3 Å². The molecule has 5 rings (SSSR count). The van der Waals surface area contributed by atoms with E-state index >= 15 is 0 Å². The summed E-state index contributed by atoms with van der Waals surface area (Å²) in [5.41, 5.74) is 6.63. The molecule has 5 heterocycles. The normalized spacial score (nSPS) is 28.3. The standard InChI is InChI=1S/C22H26N8O6S2/c1-36-28-13(17-27-22(23)38-29-17)18(32)26-14-19(33)30-15(21(34)35)11(8-37-20(14)30)4-9-5-12(25-6-9)16(31)10-2-3-24-7-10/h4,10,12,14,20,24-25H,2-3,5-8H2,1H3,(H,26,32)(H,34,35)(H2,23,27,29)/b9-4-,28-13-/t10?,12?,14-,20-/m1/s1. The first-order valence-corrected chi connectivity index (χ1v) is 13.7. The van der Waals surface area contributed by atoms with E-state index in [9.17, 15) is 24.3 Å². The summed E-state index contributed by atoms with van der Waals surface area (Å²) in [5, 5.41) is 22.2. The van der Waals surface area contributed by atoms with Crippen LogP contribution in [-0.4, -0.2) is 98.6 Å². The van der Waals surface area contributed by atoms with Gasteiger partial charge < -0.3 is 31.6 Å². The van der Waals surface area contributed by atoms with Gasteiger partial charge in [0.25, 0.3) is 11.8 Å². The number of hydrogen-bond donors (Lipinski definition) is 5. The van der Waals surface area contributed by atoms with Gasteiger partial charge in [-0.1, -0.05) is 16.8 Å². The number of carbonyl (C=O) groups is 4. The van der Waals surface area contributed by atoms with Crippen LogP contribution in [0, 0.1) is 5.92 Å². The number of oxime groups is 1. The van der Waals surface area contributed by atoms with Crippen LogP contribution in [0.15, 0.2) is 28.1 Å². The molecule has 0 bridgehead atoms. The van der Waals surface area contributed by atoms with Crippen LogP contribution >= 0.6 is 23.3 Å². The third kappa shape index (κ3) is 4.91. The molecule has 1 aromatic heterocycles. The lowest BCUT2D eigenvalue weighted by Crippen LogP contribution is -2.71. The second kappa shape index (κ2) is 10.8. The SMILES string of the molecule is CO/N=C(\C(=O)N[C@@H]1C(=O)N2C(C(=O)O)=C(/C=C3\CNC(C(=O)C4CCNC4)C3)CS[C@H]12)c1nsc(N)n1. The van der Waals surface area contributed by atoms with Crippen LogP contribution in [0.25, 0.3) is 0 Å². The number of anilines is 1. The molecule has 0 radical (unpaired) electrons. The number of aromatic nitrogens is 2. The molecule has 4 aliphatic heterocycles. The molecule has 16 heteroatoms. The van der Waals surface area contributed by atoms with Crippen molar-refractivity contribution in [2.45, 2.75) is 30.3 Å². The Morgan fingerprint density at radius 2 is 2.18 bits per heavy atom. The number of aliphatic carboxylic acids is 1. The molecule has 38 heavy (non-hydrogen) atoms. The number of thioether (sulfide) groups is 1. The zero-order valence-electron chi connectivity index (χ0n) is 20.3. The van der Waals surface area contributed by atoms with Gasteiger partial charge in [0.2, 0.25) is 11.5 Å². The maximum Gasteiger partial charge on any atom is 0.352 e. The van der Waals surface area contributed by atoms with E-state index in [-0.39, 0.29) is 40.1 Å². The smallest absolute Gasteiger partial charge is 0.352 e. The van der Waals surface area contributed by atoms with Crippen LogP contribution in [0.4, 0.5) is 5.13 Å². The molecule has 0 spiro atoms. The topological polar surface area (TPSA) is 201 Å². The molecule has 14 nitrogen and oxygen atoms in total. The number of nitrogen functional groups attached to an aromatic ring is 1. The maximum atomic E-state index is 13.0. The molecule has 4 atom stereocenters. The zero-order chi connectivity index (χ0) is 27.0. The van der Waals surface area contributed by atoms with Crippen molar-refractivity contribution in [1.29, 1.82) is 0 Å². The van der Waals surface area contributed by atoms with Crippen molar-refractivity contribution in [3.8, 4) is 0 Å². The fraction of sp³-hybridized carbons (Fsp3) is 0.500. The van der Waals surface area contributed by atoms with Crippen molar-refractivity contribution in [3.05, 3.63) is 28.7 Å². The lowest BCUT2D eigenvalue weighted by atomic mass is 9.95. The molecule has 4 aliphatic rings. The average Bonchev–Trinajstić information content (AvgIpc) is 3.67. The Labute approximate surface area is 225 Å².